The monoisotopic (exact) mass is 310 g/mol. The third-order valence-corrected chi connectivity index (χ3v) is 2.64. The fourth-order valence-corrected chi connectivity index (χ4v) is 1.47. The molecule has 0 fully saturated rings. The molecule has 0 aliphatic heterocycles. The lowest BCUT2D eigenvalue weighted by Gasteiger charge is -2.07. The molecule has 1 aromatic rings. The number of hydrogen-bond donors (Lipinski definition) is 3. The number of nitrogens with two attached hydrogens (primary N) is 2. The smallest absolute Gasteiger partial charge is 0.322 e. The number of carboxylic acids is 1. The van der Waals surface area contributed by atoms with Gasteiger partial charge in [-0.05, 0) is 24.8 Å². The Bertz CT molecular complexity index is 447. The van der Waals surface area contributed by atoms with Gasteiger partial charge in [0.25, 0.3) is 0 Å². The molecule has 22 heavy (non-hydrogen) atoms. The van der Waals surface area contributed by atoms with Crippen molar-refractivity contribution in [3.63, 3.8) is 0 Å². The number of benzene rings is 1. The van der Waals surface area contributed by atoms with Crippen molar-refractivity contribution in [2.75, 3.05) is 0 Å². The van der Waals surface area contributed by atoms with E-state index in [1.807, 2.05) is 44.2 Å². The van der Waals surface area contributed by atoms with Crippen LogP contribution >= 0.6 is 0 Å². The number of carboxylic acid groups (broad SMARTS) is 1. The molecule has 0 unspecified atom stereocenters. The molecule has 2 atom stereocenters. The fourth-order valence-electron chi connectivity index (χ4n) is 1.47. The topological polar surface area (TPSA) is 116 Å². The number of carbonyl (C=O) groups is 2. The first-order valence-electron chi connectivity index (χ1n) is 7.18. The van der Waals surface area contributed by atoms with E-state index in [0.29, 0.717) is 18.9 Å². The number of rotatable bonds is 6. The second kappa shape index (κ2) is 10.8. The van der Waals surface area contributed by atoms with Crippen molar-refractivity contribution in [2.24, 2.45) is 17.4 Å². The number of hydrogen-bond acceptors (Lipinski definition) is 5. The van der Waals surface area contributed by atoms with Crippen molar-refractivity contribution in [3.8, 4) is 0 Å². The third-order valence-electron chi connectivity index (χ3n) is 2.64. The number of carbonyl (C=O) groups excluding carboxylic acids is 1. The van der Waals surface area contributed by atoms with E-state index in [1.165, 1.54) is 0 Å². The van der Waals surface area contributed by atoms with Gasteiger partial charge in [-0.1, -0.05) is 44.2 Å². The number of ether oxygens (including phenoxy) is 1. The summed E-state index contributed by atoms with van der Waals surface area (Å²) in [5.74, 6) is -0.927. The molecule has 0 radical (unpaired) electrons. The molecule has 1 aromatic carbocycles. The zero-order valence-corrected chi connectivity index (χ0v) is 13.4. The zero-order chi connectivity index (χ0) is 17.1. The summed E-state index contributed by atoms with van der Waals surface area (Å²) in [5.41, 5.74) is 11.5. The summed E-state index contributed by atoms with van der Waals surface area (Å²) >= 11 is 0. The van der Waals surface area contributed by atoms with E-state index in [-0.39, 0.29) is 5.97 Å². The van der Waals surface area contributed by atoms with E-state index in [4.69, 9.17) is 21.3 Å². The summed E-state index contributed by atoms with van der Waals surface area (Å²) in [4.78, 5) is 21.1. The number of aliphatic carboxylic acids is 1. The largest absolute Gasteiger partial charge is 0.480 e. The Labute approximate surface area is 131 Å². The molecule has 6 heteroatoms. The summed E-state index contributed by atoms with van der Waals surface area (Å²) in [6, 6.07) is 8.26. The SMILES string of the molecule is CC(C)C[C@H](N)C(=O)O.C[C@H](N)C(=O)OCc1ccccc1. The van der Waals surface area contributed by atoms with Gasteiger partial charge in [-0.3, -0.25) is 9.59 Å². The molecule has 0 aliphatic rings. The van der Waals surface area contributed by atoms with Crippen LogP contribution in [0.15, 0.2) is 30.3 Å². The van der Waals surface area contributed by atoms with Crippen molar-refractivity contribution < 1.29 is 19.4 Å². The van der Waals surface area contributed by atoms with E-state index in [9.17, 15) is 9.59 Å². The predicted molar refractivity (Wildman–Crippen MR) is 85.0 cm³/mol. The van der Waals surface area contributed by atoms with Crippen LogP contribution in [-0.4, -0.2) is 29.1 Å². The van der Waals surface area contributed by atoms with Crippen LogP contribution in [-0.2, 0) is 20.9 Å². The lowest BCUT2D eigenvalue weighted by atomic mass is 10.1. The van der Waals surface area contributed by atoms with Gasteiger partial charge in [0.2, 0.25) is 0 Å². The molecule has 0 saturated carbocycles. The quantitative estimate of drug-likeness (QED) is 0.686. The molecule has 0 aromatic heterocycles. The summed E-state index contributed by atoms with van der Waals surface area (Å²) in [6.07, 6.45) is 0.551. The highest BCUT2D eigenvalue weighted by atomic mass is 16.5. The van der Waals surface area contributed by atoms with Crippen LogP contribution in [0, 0.1) is 5.92 Å². The maximum Gasteiger partial charge on any atom is 0.322 e. The Morgan fingerprint density at radius 1 is 1.14 bits per heavy atom. The average molecular weight is 310 g/mol. The molecule has 0 aliphatic carbocycles. The van der Waals surface area contributed by atoms with E-state index < -0.39 is 18.1 Å². The van der Waals surface area contributed by atoms with E-state index in [1.54, 1.807) is 6.92 Å². The molecule has 124 valence electrons. The van der Waals surface area contributed by atoms with Crippen LogP contribution in [0.5, 0.6) is 0 Å². The van der Waals surface area contributed by atoms with Gasteiger partial charge in [0.1, 0.15) is 18.7 Å². The summed E-state index contributed by atoms with van der Waals surface area (Å²) in [7, 11) is 0. The Hall–Kier alpha value is -1.92. The summed E-state index contributed by atoms with van der Waals surface area (Å²) in [5, 5.41) is 8.31. The first kappa shape index (κ1) is 20.1. The van der Waals surface area contributed by atoms with Gasteiger partial charge in [0.05, 0.1) is 0 Å². The predicted octanol–water partition coefficient (Wildman–Crippen LogP) is 1.52. The first-order valence-corrected chi connectivity index (χ1v) is 7.18. The molecule has 0 saturated heterocycles. The molecular weight excluding hydrogens is 284 g/mol. The maximum atomic E-state index is 11.0. The molecule has 1 rings (SSSR count). The van der Waals surface area contributed by atoms with Crippen LogP contribution in [0.4, 0.5) is 0 Å². The van der Waals surface area contributed by atoms with E-state index in [2.05, 4.69) is 0 Å². The van der Waals surface area contributed by atoms with Crippen molar-refractivity contribution in [2.45, 2.75) is 45.9 Å². The fraction of sp³-hybridized carbons (Fsp3) is 0.500. The summed E-state index contributed by atoms with van der Waals surface area (Å²) < 4.78 is 4.93. The van der Waals surface area contributed by atoms with Crippen LogP contribution in [0.2, 0.25) is 0 Å². The van der Waals surface area contributed by atoms with Gasteiger partial charge in [0.15, 0.2) is 0 Å². The second-order valence-corrected chi connectivity index (χ2v) is 5.46. The van der Waals surface area contributed by atoms with Gasteiger partial charge in [0, 0.05) is 0 Å². The van der Waals surface area contributed by atoms with Crippen LogP contribution in [0.3, 0.4) is 0 Å². The van der Waals surface area contributed by atoms with Gasteiger partial charge in [-0.2, -0.15) is 0 Å². The standard InChI is InChI=1S/C10H13NO2.C6H13NO2/c1-8(11)10(12)13-7-9-5-3-2-4-6-9;1-4(2)3-5(7)6(8)9/h2-6,8H,7,11H2,1H3;4-5H,3,7H2,1-2H3,(H,8,9)/t8-;5-/m00/s1. The van der Waals surface area contributed by atoms with Gasteiger partial charge < -0.3 is 21.3 Å². The minimum atomic E-state index is -0.913. The van der Waals surface area contributed by atoms with Gasteiger partial charge in [-0.15, -0.1) is 0 Å². The molecular formula is C16H26N2O4. The molecule has 0 amide bonds. The summed E-state index contributed by atoms with van der Waals surface area (Å²) in [6.45, 7) is 5.79. The van der Waals surface area contributed by atoms with E-state index in [0.717, 1.165) is 5.56 Å². The van der Waals surface area contributed by atoms with Crippen molar-refractivity contribution in [1.82, 2.24) is 0 Å². The highest BCUT2D eigenvalue weighted by Gasteiger charge is 2.12. The van der Waals surface area contributed by atoms with Crippen LogP contribution in [0.1, 0.15) is 32.8 Å². The molecule has 6 nitrogen and oxygen atoms in total. The molecule has 0 bridgehead atoms. The number of esters is 1. The van der Waals surface area contributed by atoms with Gasteiger partial charge in [-0.25, -0.2) is 0 Å². The molecule has 0 spiro atoms. The average Bonchev–Trinajstić information content (AvgIpc) is 2.45. The lowest BCUT2D eigenvalue weighted by molar-refractivity contribution is -0.146. The minimum absolute atomic E-state index is 0.293. The lowest BCUT2D eigenvalue weighted by Crippen LogP contribution is -2.31. The minimum Gasteiger partial charge on any atom is -0.480 e. The van der Waals surface area contributed by atoms with Crippen molar-refractivity contribution >= 4 is 11.9 Å². The Morgan fingerprint density at radius 3 is 2.05 bits per heavy atom. The first-order chi connectivity index (χ1) is 10.2. The highest BCUT2D eigenvalue weighted by molar-refractivity contribution is 5.74. The van der Waals surface area contributed by atoms with Crippen molar-refractivity contribution in [1.29, 1.82) is 0 Å². The Morgan fingerprint density at radius 2 is 1.68 bits per heavy atom. The van der Waals surface area contributed by atoms with Crippen LogP contribution < -0.4 is 11.5 Å². The Balaban J connectivity index is 0.000000433. The Kier molecular flexibility index (Phi) is 9.82. The van der Waals surface area contributed by atoms with E-state index >= 15 is 0 Å². The van der Waals surface area contributed by atoms with Gasteiger partial charge >= 0.3 is 11.9 Å². The molecule has 0 heterocycles. The van der Waals surface area contributed by atoms with Crippen LogP contribution in [0.25, 0.3) is 0 Å². The highest BCUT2D eigenvalue weighted by Crippen LogP contribution is 2.02. The normalized spacial score (nSPS) is 12.8. The third kappa shape index (κ3) is 9.90. The molecule has 5 N–H and O–H groups in total. The maximum absolute atomic E-state index is 11.0. The van der Waals surface area contributed by atoms with Crippen molar-refractivity contribution in [3.05, 3.63) is 35.9 Å². The zero-order valence-electron chi connectivity index (χ0n) is 13.4. The second-order valence-electron chi connectivity index (χ2n) is 5.46.